The van der Waals surface area contributed by atoms with E-state index in [4.69, 9.17) is 4.52 Å². The van der Waals surface area contributed by atoms with E-state index in [0.717, 1.165) is 5.69 Å². The van der Waals surface area contributed by atoms with Gasteiger partial charge < -0.3 is 9.84 Å². The fraction of sp³-hybridized carbons (Fsp3) is 0.273. The SMILES string of the molecule is CNc1ccc(S(=O)(=O)NCCc2ncno2)cc1. The predicted octanol–water partition coefficient (Wildman–Crippen LogP) is 0.632. The Labute approximate surface area is 111 Å². The molecule has 1 aromatic carbocycles. The first-order valence-corrected chi connectivity index (χ1v) is 7.13. The molecule has 0 radical (unpaired) electrons. The van der Waals surface area contributed by atoms with Crippen molar-refractivity contribution in [1.29, 1.82) is 0 Å². The lowest BCUT2D eigenvalue weighted by Gasteiger charge is -2.06. The molecule has 8 heteroatoms. The number of benzene rings is 1. The maximum atomic E-state index is 12.0. The van der Waals surface area contributed by atoms with Crippen molar-refractivity contribution in [3.8, 4) is 0 Å². The molecule has 0 aliphatic rings. The van der Waals surface area contributed by atoms with Gasteiger partial charge in [0.05, 0.1) is 4.90 Å². The summed E-state index contributed by atoms with van der Waals surface area (Å²) in [5.41, 5.74) is 0.852. The normalized spacial score (nSPS) is 11.4. The van der Waals surface area contributed by atoms with Gasteiger partial charge in [0, 0.05) is 25.7 Å². The largest absolute Gasteiger partial charge is 0.388 e. The number of aromatic nitrogens is 2. The van der Waals surface area contributed by atoms with Gasteiger partial charge in [-0.1, -0.05) is 5.16 Å². The lowest BCUT2D eigenvalue weighted by Crippen LogP contribution is -2.26. The lowest BCUT2D eigenvalue weighted by atomic mass is 10.3. The van der Waals surface area contributed by atoms with Crippen LogP contribution in [0.1, 0.15) is 5.89 Å². The van der Waals surface area contributed by atoms with E-state index in [9.17, 15) is 8.42 Å². The highest BCUT2D eigenvalue weighted by molar-refractivity contribution is 7.89. The molecule has 1 heterocycles. The van der Waals surface area contributed by atoms with Crippen molar-refractivity contribution in [3.63, 3.8) is 0 Å². The van der Waals surface area contributed by atoms with Gasteiger partial charge in [0.15, 0.2) is 6.33 Å². The van der Waals surface area contributed by atoms with Crippen LogP contribution >= 0.6 is 0 Å². The Morgan fingerprint density at radius 3 is 2.58 bits per heavy atom. The van der Waals surface area contributed by atoms with Crippen molar-refractivity contribution in [3.05, 3.63) is 36.5 Å². The fourth-order valence-electron chi connectivity index (χ4n) is 1.48. The highest BCUT2D eigenvalue weighted by Gasteiger charge is 2.13. The summed E-state index contributed by atoms with van der Waals surface area (Å²) in [7, 11) is -1.74. The summed E-state index contributed by atoms with van der Waals surface area (Å²) >= 11 is 0. The molecular weight excluding hydrogens is 268 g/mol. The number of rotatable bonds is 6. The molecule has 0 amide bonds. The average Bonchev–Trinajstić information content (AvgIpc) is 2.92. The van der Waals surface area contributed by atoms with Crippen LogP contribution in [0.15, 0.2) is 40.0 Å². The quantitative estimate of drug-likeness (QED) is 0.806. The average molecular weight is 282 g/mol. The van der Waals surface area contributed by atoms with E-state index in [1.807, 2.05) is 0 Å². The first-order chi connectivity index (χ1) is 9.12. The lowest BCUT2D eigenvalue weighted by molar-refractivity contribution is 0.377. The van der Waals surface area contributed by atoms with Crippen LogP contribution in [0.3, 0.4) is 0 Å². The van der Waals surface area contributed by atoms with E-state index in [0.29, 0.717) is 12.3 Å². The van der Waals surface area contributed by atoms with E-state index < -0.39 is 10.0 Å². The number of anilines is 1. The first kappa shape index (κ1) is 13.5. The molecule has 7 nitrogen and oxygen atoms in total. The van der Waals surface area contributed by atoms with Crippen molar-refractivity contribution < 1.29 is 12.9 Å². The van der Waals surface area contributed by atoms with Crippen LogP contribution in [0.25, 0.3) is 0 Å². The molecule has 19 heavy (non-hydrogen) atoms. The zero-order chi connectivity index (χ0) is 13.7. The molecule has 2 N–H and O–H groups in total. The van der Waals surface area contributed by atoms with Crippen LogP contribution in [0, 0.1) is 0 Å². The van der Waals surface area contributed by atoms with E-state index in [1.54, 1.807) is 31.3 Å². The van der Waals surface area contributed by atoms with Gasteiger partial charge in [0.1, 0.15) is 0 Å². The van der Waals surface area contributed by atoms with Crippen LogP contribution in [0.5, 0.6) is 0 Å². The van der Waals surface area contributed by atoms with Gasteiger partial charge >= 0.3 is 0 Å². The van der Waals surface area contributed by atoms with Gasteiger partial charge in [-0.25, -0.2) is 13.1 Å². The van der Waals surface area contributed by atoms with E-state index >= 15 is 0 Å². The van der Waals surface area contributed by atoms with Gasteiger partial charge in [0.2, 0.25) is 15.9 Å². The molecule has 2 rings (SSSR count). The minimum atomic E-state index is -3.51. The first-order valence-electron chi connectivity index (χ1n) is 5.65. The van der Waals surface area contributed by atoms with Gasteiger partial charge in [0.25, 0.3) is 0 Å². The molecule has 0 saturated carbocycles. The third-order valence-electron chi connectivity index (χ3n) is 2.49. The summed E-state index contributed by atoms with van der Waals surface area (Å²) in [6, 6.07) is 6.49. The van der Waals surface area contributed by atoms with Gasteiger partial charge in [-0.15, -0.1) is 0 Å². The molecule has 0 bridgehead atoms. The maximum absolute atomic E-state index is 12.0. The van der Waals surface area contributed by atoms with Crippen LogP contribution in [-0.4, -0.2) is 32.2 Å². The minimum Gasteiger partial charge on any atom is -0.388 e. The van der Waals surface area contributed by atoms with E-state index in [1.165, 1.54) is 6.33 Å². The third kappa shape index (κ3) is 3.52. The van der Waals surface area contributed by atoms with Crippen LogP contribution < -0.4 is 10.0 Å². The molecule has 0 saturated heterocycles. The number of nitrogens with zero attached hydrogens (tertiary/aromatic N) is 2. The summed E-state index contributed by atoms with van der Waals surface area (Å²) in [6.45, 7) is 0.207. The second-order valence-electron chi connectivity index (χ2n) is 3.76. The minimum absolute atomic E-state index is 0.207. The van der Waals surface area contributed by atoms with Crippen molar-refractivity contribution >= 4 is 15.7 Å². The third-order valence-corrected chi connectivity index (χ3v) is 3.97. The Kier molecular flexibility index (Phi) is 4.13. The molecule has 0 spiro atoms. The summed E-state index contributed by atoms with van der Waals surface area (Å²) in [5, 5.41) is 6.37. The Bertz CT molecular complexity index is 608. The van der Waals surface area contributed by atoms with Crippen LogP contribution in [0.4, 0.5) is 5.69 Å². The molecular formula is C11H14N4O3S. The van der Waals surface area contributed by atoms with Gasteiger partial charge in [-0.05, 0) is 24.3 Å². The molecule has 0 fully saturated rings. The topological polar surface area (TPSA) is 97.1 Å². The van der Waals surface area contributed by atoms with Crippen molar-refractivity contribution in [1.82, 2.24) is 14.9 Å². The monoisotopic (exact) mass is 282 g/mol. The molecule has 0 aliphatic carbocycles. The number of nitrogens with one attached hydrogen (secondary N) is 2. The second-order valence-corrected chi connectivity index (χ2v) is 5.52. The van der Waals surface area contributed by atoms with E-state index in [2.05, 4.69) is 20.2 Å². The fourth-order valence-corrected chi connectivity index (χ4v) is 2.51. The molecule has 0 atom stereocenters. The van der Waals surface area contributed by atoms with Crippen molar-refractivity contribution in [2.24, 2.45) is 0 Å². The number of hydrogen-bond donors (Lipinski definition) is 2. The molecule has 0 unspecified atom stereocenters. The van der Waals surface area contributed by atoms with Gasteiger partial charge in [-0.2, -0.15) is 4.98 Å². The van der Waals surface area contributed by atoms with Crippen LogP contribution in [0.2, 0.25) is 0 Å². The Morgan fingerprint density at radius 1 is 1.26 bits per heavy atom. The standard InChI is InChI=1S/C11H14N4O3S/c1-12-9-2-4-10(5-3-9)19(16,17)15-7-6-11-13-8-14-18-11/h2-5,8,12,15H,6-7H2,1H3. The number of hydrogen-bond acceptors (Lipinski definition) is 6. The summed E-state index contributed by atoms with van der Waals surface area (Å²) in [6.07, 6.45) is 1.63. The highest BCUT2D eigenvalue weighted by Crippen LogP contribution is 2.13. The Morgan fingerprint density at radius 2 is 2.00 bits per heavy atom. The Balaban J connectivity index is 1.97. The predicted molar refractivity (Wildman–Crippen MR) is 69.2 cm³/mol. The van der Waals surface area contributed by atoms with Crippen molar-refractivity contribution in [2.75, 3.05) is 18.9 Å². The van der Waals surface area contributed by atoms with Crippen LogP contribution in [-0.2, 0) is 16.4 Å². The molecule has 2 aromatic rings. The smallest absolute Gasteiger partial charge is 0.240 e. The summed E-state index contributed by atoms with van der Waals surface area (Å²) in [5.74, 6) is 0.397. The second kappa shape index (κ2) is 5.81. The van der Waals surface area contributed by atoms with Crippen molar-refractivity contribution in [2.45, 2.75) is 11.3 Å². The highest BCUT2D eigenvalue weighted by atomic mass is 32.2. The molecule has 1 aromatic heterocycles. The van der Waals surface area contributed by atoms with E-state index in [-0.39, 0.29) is 11.4 Å². The summed E-state index contributed by atoms with van der Waals surface area (Å²) < 4.78 is 31.2. The maximum Gasteiger partial charge on any atom is 0.240 e. The Hall–Kier alpha value is -1.93. The molecule has 102 valence electrons. The zero-order valence-corrected chi connectivity index (χ0v) is 11.1. The summed E-state index contributed by atoms with van der Waals surface area (Å²) in [4.78, 5) is 4.03. The zero-order valence-electron chi connectivity index (χ0n) is 10.3. The molecule has 0 aliphatic heterocycles. The number of sulfonamides is 1. The van der Waals surface area contributed by atoms with Gasteiger partial charge in [-0.3, -0.25) is 0 Å².